The third-order valence-electron chi connectivity index (χ3n) is 3.36. The highest BCUT2D eigenvalue weighted by Gasteiger charge is 2.05. The van der Waals surface area contributed by atoms with Crippen molar-refractivity contribution in [1.29, 1.82) is 0 Å². The van der Waals surface area contributed by atoms with E-state index in [4.69, 9.17) is 14.2 Å². The zero-order valence-corrected chi connectivity index (χ0v) is 12.7. The van der Waals surface area contributed by atoms with Crippen LogP contribution in [0.3, 0.4) is 0 Å². The maximum absolute atomic E-state index is 5.43. The van der Waals surface area contributed by atoms with Crippen molar-refractivity contribution in [3.05, 3.63) is 42.0 Å². The molecule has 0 fully saturated rings. The summed E-state index contributed by atoms with van der Waals surface area (Å²) in [6.07, 6.45) is 0. The summed E-state index contributed by atoms with van der Waals surface area (Å²) < 4.78 is 15.8. The maximum Gasteiger partial charge on any atom is 0.126 e. The van der Waals surface area contributed by atoms with E-state index in [0.29, 0.717) is 19.8 Å². The summed E-state index contributed by atoms with van der Waals surface area (Å²) in [5, 5.41) is 5.78. The maximum atomic E-state index is 5.43. The van der Waals surface area contributed by atoms with Gasteiger partial charge in [-0.15, -0.1) is 0 Å². The van der Waals surface area contributed by atoms with E-state index in [1.807, 2.05) is 12.1 Å². The lowest BCUT2D eigenvalue weighted by Crippen LogP contribution is -2.20. The Kier molecular flexibility index (Phi) is 6.47. The molecule has 21 heavy (non-hydrogen) atoms. The molecule has 2 rings (SSSR count). The number of hydrogen-bond donors (Lipinski definition) is 1. The van der Waals surface area contributed by atoms with Gasteiger partial charge in [0.15, 0.2) is 0 Å². The van der Waals surface area contributed by atoms with Crippen molar-refractivity contribution < 1.29 is 14.2 Å². The number of rotatable bonds is 9. The molecule has 0 aliphatic rings. The molecule has 0 radical (unpaired) electrons. The highest BCUT2D eigenvalue weighted by molar-refractivity contribution is 5.91. The van der Waals surface area contributed by atoms with E-state index in [2.05, 4.69) is 29.6 Å². The molecule has 0 spiro atoms. The predicted octanol–water partition coefficient (Wildman–Crippen LogP) is 2.60. The summed E-state index contributed by atoms with van der Waals surface area (Å²) in [5.74, 6) is 0.914. The smallest absolute Gasteiger partial charge is 0.126 e. The molecule has 0 saturated heterocycles. The largest absolute Gasteiger partial charge is 0.496 e. The van der Waals surface area contributed by atoms with Crippen molar-refractivity contribution in [3.8, 4) is 5.75 Å². The van der Waals surface area contributed by atoms with Gasteiger partial charge in [0.1, 0.15) is 5.75 Å². The molecular weight excluding hydrogens is 266 g/mol. The fourth-order valence-electron chi connectivity index (χ4n) is 2.28. The van der Waals surface area contributed by atoms with Gasteiger partial charge in [-0.2, -0.15) is 0 Å². The van der Waals surface area contributed by atoms with Crippen LogP contribution < -0.4 is 10.1 Å². The lowest BCUT2D eigenvalue weighted by atomic mass is 10.0. The standard InChI is InChI=1S/C17H23NO3/c1-19-11-12-21-10-9-18-13-14-7-8-17(20-2)16-6-4-3-5-15(14)16/h3-8,18H,9-13H2,1-2H3. The van der Waals surface area contributed by atoms with Crippen molar-refractivity contribution in [1.82, 2.24) is 5.32 Å². The minimum atomic E-state index is 0.642. The minimum absolute atomic E-state index is 0.642. The molecule has 0 bridgehead atoms. The van der Waals surface area contributed by atoms with Crippen molar-refractivity contribution >= 4 is 10.8 Å². The van der Waals surface area contributed by atoms with Crippen LogP contribution in [0, 0.1) is 0 Å². The molecule has 0 aromatic heterocycles. The summed E-state index contributed by atoms with van der Waals surface area (Å²) >= 11 is 0. The van der Waals surface area contributed by atoms with E-state index >= 15 is 0 Å². The summed E-state index contributed by atoms with van der Waals surface area (Å²) in [5.41, 5.74) is 1.27. The quantitative estimate of drug-likeness (QED) is 0.720. The number of benzene rings is 2. The molecule has 0 saturated carbocycles. The average molecular weight is 289 g/mol. The third-order valence-corrected chi connectivity index (χ3v) is 3.36. The van der Waals surface area contributed by atoms with Crippen LogP contribution in [0.5, 0.6) is 5.75 Å². The summed E-state index contributed by atoms with van der Waals surface area (Å²) in [6, 6.07) is 12.4. The van der Waals surface area contributed by atoms with Crippen LogP contribution in [0.2, 0.25) is 0 Å². The molecule has 0 amide bonds. The average Bonchev–Trinajstić information content (AvgIpc) is 2.54. The van der Waals surface area contributed by atoms with Crippen molar-refractivity contribution in [2.24, 2.45) is 0 Å². The molecule has 4 nitrogen and oxygen atoms in total. The zero-order chi connectivity index (χ0) is 14.9. The van der Waals surface area contributed by atoms with Gasteiger partial charge in [0.05, 0.1) is 26.9 Å². The van der Waals surface area contributed by atoms with E-state index in [0.717, 1.165) is 24.2 Å². The predicted molar refractivity (Wildman–Crippen MR) is 84.9 cm³/mol. The minimum Gasteiger partial charge on any atom is -0.496 e. The van der Waals surface area contributed by atoms with Gasteiger partial charge in [0, 0.05) is 25.6 Å². The monoisotopic (exact) mass is 289 g/mol. The normalized spacial score (nSPS) is 11.0. The van der Waals surface area contributed by atoms with Crippen LogP contribution in [0.15, 0.2) is 36.4 Å². The molecule has 0 aliphatic heterocycles. The van der Waals surface area contributed by atoms with Crippen molar-refractivity contribution in [3.63, 3.8) is 0 Å². The zero-order valence-electron chi connectivity index (χ0n) is 12.7. The Labute approximate surface area is 126 Å². The van der Waals surface area contributed by atoms with Gasteiger partial charge in [-0.05, 0) is 17.0 Å². The van der Waals surface area contributed by atoms with Crippen LogP contribution in [-0.4, -0.2) is 40.6 Å². The first-order chi connectivity index (χ1) is 10.4. The summed E-state index contributed by atoms with van der Waals surface area (Å²) in [6.45, 7) is 3.62. The Bertz CT molecular complexity index is 557. The second-order valence-corrected chi connectivity index (χ2v) is 4.75. The molecule has 2 aromatic rings. The number of fused-ring (bicyclic) bond motifs is 1. The van der Waals surface area contributed by atoms with Gasteiger partial charge < -0.3 is 19.5 Å². The Hall–Kier alpha value is -1.62. The van der Waals surface area contributed by atoms with Gasteiger partial charge in [0.25, 0.3) is 0 Å². The van der Waals surface area contributed by atoms with E-state index in [-0.39, 0.29) is 0 Å². The Morgan fingerprint density at radius 3 is 2.48 bits per heavy atom. The van der Waals surface area contributed by atoms with Crippen molar-refractivity contribution in [2.45, 2.75) is 6.54 Å². The molecule has 0 heterocycles. The van der Waals surface area contributed by atoms with Gasteiger partial charge in [-0.25, -0.2) is 0 Å². The number of ether oxygens (including phenoxy) is 3. The topological polar surface area (TPSA) is 39.7 Å². The third kappa shape index (κ3) is 4.43. The van der Waals surface area contributed by atoms with Crippen LogP contribution in [-0.2, 0) is 16.0 Å². The SMILES string of the molecule is COCCOCCNCc1ccc(OC)c2ccccc12. The molecule has 2 aromatic carbocycles. The lowest BCUT2D eigenvalue weighted by molar-refractivity contribution is 0.0719. The summed E-state index contributed by atoms with van der Waals surface area (Å²) in [7, 11) is 3.38. The molecular formula is C17H23NO3. The van der Waals surface area contributed by atoms with Gasteiger partial charge in [-0.1, -0.05) is 30.3 Å². The van der Waals surface area contributed by atoms with Crippen molar-refractivity contribution in [2.75, 3.05) is 40.6 Å². The Morgan fingerprint density at radius 1 is 0.905 bits per heavy atom. The highest BCUT2D eigenvalue weighted by atomic mass is 16.5. The molecule has 114 valence electrons. The first-order valence-corrected chi connectivity index (χ1v) is 7.19. The molecule has 4 heteroatoms. The van der Waals surface area contributed by atoms with Gasteiger partial charge >= 0.3 is 0 Å². The fourth-order valence-corrected chi connectivity index (χ4v) is 2.28. The second kappa shape index (κ2) is 8.62. The number of hydrogen-bond acceptors (Lipinski definition) is 4. The molecule has 0 unspecified atom stereocenters. The highest BCUT2D eigenvalue weighted by Crippen LogP contribution is 2.28. The van der Waals surface area contributed by atoms with Crippen LogP contribution in [0.4, 0.5) is 0 Å². The van der Waals surface area contributed by atoms with Crippen LogP contribution >= 0.6 is 0 Å². The van der Waals surface area contributed by atoms with Crippen LogP contribution in [0.1, 0.15) is 5.56 Å². The lowest BCUT2D eigenvalue weighted by Gasteiger charge is -2.11. The van der Waals surface area contributed by atoms with E-state index in [1.54, 1.807) is 14.2 Å². The molecule has 0 atom stereocenters. The summed E-state index contributed by atoms with van der Waals surface area (Å²) in [4.78, 5) is 0. The van der Waals surface area contributed by atoms with Gasteiger partial charge in [0.2, 0.25) is 0 Å². The Morgan fingerprint density at radius 2 is 1.71 bits per heavy atom. The van der Waals surface area contributed by atoms with Gasteiger partial charge in [-0.3, -0.25) is 0 Å². The number of methoxy groups -OCH3 is 2. The number of nitrogens with one attached hydrogen (secondary N) is 1. The van der Waals surface area contributed by atoms with E-state index < -0.39 is 0 Å². The Balaban J connectivity index is 1.90. The molecule has 1 N–H and O–H groups in total. The fraction of sp³-hybridized carbons (Fsp3) is 0.412. The first kappa shape index (κ1) is 15.8. The van der Waals surface area contributed by atoms with Crippen LogP contribution in [0.25, 0.3) is 10.8 Å². The van der Waals surface area contributed by atoms with E-state index in [9.17, 15) is 0 Å². The molecule has 0 aliphatic carbocycles. The second-order valence-electron chi connectivity index (χ2n) is 4.75. The van der Waals surface area contributed by atoms with E-state index in [1.165, 1.54) is 10.9 Å². The first-order valence-electron chi connectivity index (χ1n) is 7.19.